The van der Waals surface area contributed by atoms with Crippen LogP contribution in [0.3, 0.4) is 0 Å². The van der Waals surface area contributed by atoms with Gasteiger partial charge in [0.25, 0.3) is 0 Å². The summed E-state index contributed by atoms with van der Waals surface area (Å²) in [7, 11) is 1.38. The highest BCUT2D eigenvalue weighted by molar-refractivity contribution is 5.92. The highest BCUT2D eigenvalue weighted by atomic mass is 19.1. The quantitative estimate of drug-likeness (QED) is 0.934. The Hall–Kier alpha value is -2.37. The Bertz CT molecular complexity index is 633. The van der Waals surface area contributed by atoms with Crippen LogP contribution in [0.25, 0.3) is 5.69 Å². The first kappa shape index (κ1) is 14.0. The number of methoxy groups -OCH3 is 1. The predicted octanol–water partition coefficient (Wildman–Crippen LogP) is 2.84. The van der Waals surface area contributed by atoms with Crippen molar-refractivity contribution in [3.8, 4) is 11.6 Å². The van der Waals surface area contributed by atoms with Gasteiger partial charge in [-0.2, -0.15) is 5.10 Å². The minimum atomic E-state index is -1.10. The van der Waals surface area contributed by atoms with Gasteiger partial charge in [0.2, 0.25) is 5.88 Å². The fourth-order valence-corrected chi connectivity index (χ4v) is 1.97. The standard InChI is InChI=1S/C14H15FN2O3/c1-8(2)12-11(14(18)19)13(20-3)17(16-12)10-6-4-9(15)5-7-10/h4-8H,1-3H3,(H,18,19). The van der Waals surface area contributed by atoms with Crippen LogP contribution >= 0.6 is 0 Å². The molecule has 0 spiro atoms. The van der Waals surface area contributed by atoms with Gasteiger partial charge in [-0.15, -0.1) is 0 Å². The van der Waals surface area contributed by atoms with Crippen LogP contribution < -0.4 is 4.74 Å². The third kappa shape index (κ3) is 2.36. The Morgan fingerprint density at radius 2 is 1.95 bits per heavy atom. The number of carboxylic acids is 1. The van der Waals surface area contributed by atoms with Crippen LogP contribution in [0.1, 0.15) is 35.8 Å². The molecule has 0 saturated heterocycles. The van der Waals surface area contributed by atoms with Crippen LogP contribution in [0.4, 0.5) is 4.39 Å². The molecule has 20 heavy (non-hydrogen) atoms. The van der Waals surface area contributed by atoms with Gasteiger partial charge in [-0.3, -0.25) is 0 Å². The third-order valence-electron chi connectivity index (χ3n) is 2.90. The molecule has 0 aliphatic rings. The molecule has 0 atom stereocenters. The summed E-state index contributed by atoms with van der Waals surface area (Å²) in [6, 6.07) is 5.60. The molecule has 2 aromatic rings. The van der Waals surface area contributed by atoms with E-state index in [2.05, 4.69) is 5.10 Å². The van der Waals surface area contributed by atoms with Crippen LogP contribution in [0.2, 0.25) is 0 Å². The minimum absolute atomic E-state index is 0.0341. The summed E-state index contributed by atoms with van der Waals surface area (Å²) in [4.78, 5) is 11.4. The maximum atomic E-state index is 13.0. The van der Waals surface area contributed by atoms with Crippen molar-refractivity contribution < 1.29 is 19.0 Å². The molecule has 0 saturated carbocycles. The highest BCUT2D eigenvalue weighted by Gasteiger charge is 2.26. The zero-order chi connectivity index (χ0) is 14.9. The van der Waals surface area contributed by atoms with Crippen LogP contribution in [0.5, 0.6) is 5.88 Å². The van der Waals surface area contributed by atoms with Crippen molar-refractivity contribution in [2.75, 3.05) is 7.11 Å². The summed E-state index contributed by atoms with van der Waals surface area (Å²) in [5.74, 6) is -1.41. The Labute approximate surface area is 115 Å². The molecule has 5 nitrogen and oxygen atoms in total. The average Bonchev–Trinajstić information content (AvgIpc) is 2.79. The lowest BCUT2D eigenvalue weighted by Gasteiger charge is -2.06. The summed E-state index contributed by atoms with van der Waals surface area (Å²) < 4.78 is 19.5. The average molecular weight is 278 g/mol. The van der Waals surface area contributed by atoms with Gasteiger partial charge >= 0.3 is 5.97 Å². The van der Waals surface area contributed by atoms with E-state index in [0.29, 0.717) is 11.4 Å². The SMILES string of the molecule is COc1c(C(=O)O)c(C(C)C)nn1-c1ccc(F)cc1. The number of rotatable bonds is 4. The zero-order valence-corrected chi connectivity index (χ0v) is 11.4. The lowest BCUT2D eigenvalue weighted by molar-refractivity contribution is 0.0691. The van der Waals surface area contributed by atoms with E-state index in [1.807, 2.05) is 13.8 Å². The number of nitrogens with zero attached hydrogens (tertiary/aromatic N) is 2. The zero-order valence-electron chi connectivity index (χ0n) is 11.4. The van der Waals surface area contributed by atoms with Crippen molar-refractivity contribution in [1.29, 1.82) is 0 Å². The number of carboxylic acid groups (broad SMARTS) is 1. The molecule has 0 aliphatic carbocycles. The van der Waals surface area contributed by atoms with Crippen LogP contribution in [0, 0.1) is 5.82 Å². The van der Waals surface area contributed by atoms with E-state index in [1.165, 1.54) is 36.1 Å². The second-order valence-electron chi connectivity index (χ2n) is 4.62. The van der Waals surface area contributed by atoms with Gasteiger partial charge in [0.15, 0.2) is 0 Å². The summed E-state index contributed by atoms with van der Waals surface area (Å²) in [6.07, 6.45) is 0. The molecule has 0 aliphatic heterocycles. The molecule has 2 rings (SSSR count). The van der Waals surface area contributed by atoms with E-state index in [-0.39, 0.29) is 23.2 Å². The van der Waals surface area contributed by atoms with Crippen molar-refractivity contribution in [2.45, 2.75) is 19.8 Å². The van der Waals surface area contributed by atoms with Crippen molar-refractivity contribution >= 4 is 5.97 Å². The topological polar surface area (TPSA) is 64.3 Å². The van der Waals surface area contributed by atoms with Crippen LogP contribution in [-0.4, -0.2) is 28.0 Å². The second kappa shape index (κ2) is 5.32. The predicted molar refractivity (Wildman–Crippen MR) is 71.1 cm³/mol. The van der Waals surface area contributed by atoms with Gasteiger partial charge in [-0.05, 0) is 30.2 Å². The Balaban J connectivity index is 2.67. The lowest BCUT2D eigenvalue weighted by Crippen LogP contribution is -2.04. The Kier molecular flexibility index (Phi) is 3.74. The molecule has 1 heterocycles. The molecular formula is C14H15FN2O3. The van der Waals surface area contributed by atoms with E-state index >= 15 is 0 Å². The molecule has 6 heteroatoms. The number of halogens is 1. The molecule has 0 bridgehead atoms. The maximum absolute atomic E-state index is 13.0. The fraction of sp³-hybridized carbons (Fsp3) is 0.286. The second-order valence-corrected chi connectivity index (χ2v) is 4.62. The molecule has 0 fully saturated rings. The van der Waals surface area contributed by atoms with Gasteiger partial charge in [-0.25, -0.2) is 13.9 Å². The van der Waals surface area contributed by atoms with E-state index in [9.17, 15) is 14.3 Å². The van der Waals surface area contributed by atoms with Crippen molar-refractivity contribution in [1.82, 2.24) is 9.78 Å². The molecule has 0 radical (unpaired) electrons. The smallest absolute Gasteiger partial charge is 0.343 e. The van der Waals surface area contributed by atoms with E-state index in [1.54, 1.807) is 0 Å². The first-order valence-electron chi connectivity index (χ1n) is 6.11. The first-order chi connectivity index (χ1) is 9.45. The molecule has 106 valence electrons. The van der Waals surface area contributed by atoms with Crippen molar-refractivity contribution in [2.24, 2.45) is 0 Å². The van der Waals surface area contributed by atoms with E-state index < -0.39 is 5.97 Å². The van der Waals surface area contributed by atoms with Gasteiger partial charge < -0.3 is 9.84 Å². The Morgan fingerprint density at radius 1 is 1.35 bits per heavy atom. The van der Waals surface area contributed by atoms with Crippen LogP contribution in [0.15, 0.2) is 24.3 Å². The number of aromatic nitrogens is 2. The summed E-state index contributed by atoms with van der Waals surface area (Å²) in [5.41, 5.74) is 1.00. The lowest BCUT2D eigenvalue weighted by atomic mass is 10.1. The third-order valence-corrected chi connectivity index (χ3v) is 2.90. The summed E-state index contributed by atoms with van der Waals surface area (Å²) in [5, 5.41) is 13.6. The highest BCUT2D eigenvalue weighted by Crippen LogP contribution is 2.30. The monoisotopic (exact) mass is 278 g/mol. The van der Waals surface area contributed by atoms with E-state index in [4.69, 9.17) is 4.74 Å². The van der Waals surface area contributed by atoms with E-state index in [0.717, 1.165) is 0 Å². The van der Waals surface area contributed by atoms with Gasteiger partial charge in [-0.1, -0.05) is 13.8 Å². The number of aromatic carboxylic acids is 1. The van der Waals surface area contributed by atoms with Gasteiger partial charge in [0.05, 0.1) is 18.5 Å². The number of ether oxygens (including phenoxy) is 1. The van der Waals surface area contributed by atoms with Gasteiger partial charge in [0.1, 0.15) is 11.4 Å². The number of hydrogen-bond acceptors (Lipinski definition) is 3. The largest absolute Gasteiger partial charge is 0.480 e. The maximum Gasteiger partial charge on any atom is 0.343 e. The number of hydrogen-bond donors (Lipinski definition) is 1. The number of carbonyl (C=O) groups is 1. The van der Waals surface area contributed by atoms with Crippen LogP contribution in [-0.2, 0) is 0 Å². The Morgan fingerprint density at radius 3 is 2.40 bits per heavy atom. The molecule has 1 aromatic carbocycles. The molecule has 0 amide bonds. The summed E-state index contributed by atoms with van der Waals surface area (Å²) >= 11 is 0. The fourth-order valence-electron chi connectivity index (χ4n) is 1.97. The van der Waals surface area contributed by atoms with Gasteiger partial charge in [0, 0.05) is 0 Å². The minimum Gasteiger partial charge on any atom is -0.480 e. The number of benzene rings is 1. The van der Waals surface area contributed by atoms with Crippen molar-refractivity contribution in [3.05, 3.63) is 41.3 Å². The molecular weight excluding hydrogens is 263 g/mol. The molecule has 0 unspecified atom stereocenters. The first-order valence-corrected chi connectivity index (χ1v) is 6.11. The normalized spacial score (nSPS) is 10.8. The molecule has 1 aromatic heterocycles. The van der Waals surface area contributed by atoms with Crippen molar-refractivity contribution in [3.63, 3.8) is 0 Å². The molecule has 1 N–H and O–H groups in total. The summed E-state index contributed by atoms with van der Waals surface area (Å²) in [6.45, 7) is 3.70.